The summed E-state index contributed by atoms with van der Waals surface area (Å²) < 4.78 is 26.6. The molecule has 23 heavy (non-hydrogen) atoms. The zero-order valence-electron chi connectivity index (χ0n) is 13.9. The molecule has 0 atom stereocenters. The highest BCUT2D eigenvalue weighted by Crippen LogP contribution is 2.30. The van der Waals surface area contributed by atoms with Crippen molar-refractivity contribution < 1.29 is 13.2 Å². The highest BCUT2D eigenvalue weighted by molar-refractivity contribution is 14.1. The lowest BCUT2D eigenvalue weighted by molar-refractivity contribution is 0.0721. The van der Waals surface area contributed by atoms with Crippen molar-refractivity contribution in [2.24, 2.45) is 5.92 Å². The number of rotatable bonds is 6. The summed E-state index contributed by atoms with van der Waals surface area (Å²) in [5, 5.41) is 0. The molecule has 0 unspecified atom stereocenters. The Balaban J connectivity index is 2.40. The second kappa shape index (κ2) is 7.06. The van der Waals surface area contributed by atoms with Crippen LogP contribution in [0.1, 0.15) is 37.0 Å². The third-order valence-electron chi connectivity index (χ3n) is 3.76. The Bertz CT molecular complexity index is 697. The summed E-state index contributed by atoms with van der Waals surface area (Å²) in [6.45, 7) is 4.87. The van der Waals surface area contributed by atoms with Crippen LogP contribution in [0.5, 0.6) is 0 Å². The van der Waals surface area contributed by atoms with Gasteiger partial charge in [-0.05, 0) is 59.5 Å². The minimum Gasteiger partial charge on any atom is -0.335 e. The van der Waals surface area contributed by atoms with Crippen LogP contribution in [0.2, 0.25) is 0 Å². The smallest absolute Gasteiger partial charge is 0.255 e. The van der Waals surface area contributed by atoms with E-state index in [-0.39, 0.29) is 10.8 Å². The maximum atomic E-state index is 12.9. The zero-order valence-corrected chi connectivity index (χ0v) is 16.9. The number of benzene rings is 1. The standard InChI is InChI=1S/C16H23IN2O3S/c1-11(2)10-19(12-5-6-12)16(20)14-9-13(7-8-15(14)17)23(21,22)18(3)4/h7-9,11-12H,5-6,10H2,1-4H3. The molecule has 0 N–H and O–H groups in total. The Morgan fingerprint density at radius 3 is 2.39 bits per heavy atom. The molecule has 0 spiro atoms. The van der Waals surface area contributed by atoms with Crippen LogP contribution in [0.15, 0.2) is 23.1 Å². The van der Waals surface area contributed by atoms with Crippen molar-refractivity contribution in [3.05, 3.63) is 27.3 Å². The number of carbonyl (C=O) groups is 1. The average Bonchev–Trinajstić information content (AvgIpc) is 3.28. The molecule has 0 bridgehead atoms. The van der Waals surface area contributed by atoms with Crippen molar-refractivity contribution in [2.45, 2.75) is 37.6 Å². The van der Waals surface area contributed by atoms with Crippen LogP contribution < -0.4 is 0 Å². The van der Waals surface area contributed by atoms with Gasteiger partial charge in [0.2, 0.25) is 10.0 Å². The summed E-state index contributed by atoms with van der Waals surface area (Å²) in [6, 6.07) is 5.06. The molecular weight excluding hydrogens is 427 g/mol. The fourth-order valence-electron chi connectivity index (χ4n) is 2.37. The summed E-state index contributed by atoms with van der Waals surface area (Å²) in [5.41, 5.74) is 0.473. The van der Waals surface area contributed by atoms with Crippen molar-refractivity contribution in [3.8, 4) is 0 Å². The first kappa shape index (κ1) is 18.7. The topological polar surface area (TPSA) is 57.7 Å². The molecule has 128 valence electrons. The molecule has 0 radical (unpaired) electrons. The van der Waals surface area contributed by atoms with E-state index in [1.807, 2.05) is 4.90 Å². The number of halogens is 1. The van der Waals surface area contributed by atoms with Crippen LogP contribution in [0.25, 0.3) is 0 Å². The van der Waals surface area contributed by atoms with Crippen molar-refractivity contribution in [1.82, 2.24) is 9.21 Å². The van der Waals surface area contributed by atoms with Gasteiger partial charge in [0.1, 0.15) is 0 Å². The number of nitrogens with zero attached hydrogens (tertiary/aromatic N) is 2. The van der Waals surface area contributed by atoms with Gasteiger partial charge in [-0.1, -0.05) is 13.8 Å². The number of sulfonamides is 1. The second-order valence-corrected chi connectivity index (χ2v) is 9.83. The Morgan fingerprint density at radius 1 is 1.30 bits per heavy atom. The maximum Gasteiger partial charge on any atom is 0.255 e. The molecule has 0 heterocycles. The predicted octanol–water partition coefficient (Wildman–Crippen LogP) is 2.80. The van der Waals surface area contributed by atoms with Crippen molar-refractivity contribution in [1.29, 1.82) is 0 Å². The summed E-state index contributed by atoms with van der Waals surface area (Å²) >= 11 is 2.09. The molecule has 1 aromatic rings. The highest BCUT2D eigenvalue weighted by atomic mass is 127. The van der Waals surface area contributed by atoms with E-state index in [0.717, 1.165) is 20.7 Å². The molecule has 0 aliphatic heterocycles. The van der Waals surface area contributed by atoms with Gasteiger partial charge in [-0.15, -0.1) is 0 Å². The molecule has 7 heteroatoms. The molecule has 0 saturated heterocycles. The van der Waals surface area contributed by atoms with Crippen molar-refractivity contribution in [3.63, 3.8) is 0 Å². The maximum absolute atomic E-state index is 12.9. The molecule has 1 aliphatic rings. The molecule has 5 nitrogen and oxygen atoms in total. The van der Waals surface area contributed by atoms with Gasteiger partial charge < -0.3 is 4.90 Å². The molecule has 1 fully saturated rings. The van der Waals surface area contributed by atoms with E-state index >= 15 is 0 Å². The first-order valence-corrected chi connectivity index (χ1v) is 10.2. The number of hydrogen-bond donors (Lipinski definition) is 0. The molecule has 1 aliphatic carbocycles. The first-order chi connectivity index (χ1) is 10.6. The summed E-state index contributed by atoms with van der Waals surface area (Å²) in [5.74, 6) is 0.312. The monoisotopic (exact) mass is 450 g/mol. The Labute approximate surface area is 152 Å². The van der Waals surface area contributed by atoms with E-state index in [1.165, 1.54) is 20.2 Å². The summed E-state index contributed by atoms with van der Waals surface area (Å²) in [4.78, 5) is 15.0. The van der Waals surface area contributed by atoms with Gasteiger partial charge in [-0.25, -0.2) is 12.7 Å². The van der Waals surface area contributed by atoms with E-state index in [1.54, 1.807) is 12.1 Å². The van der Waals surface area contributed by atoms with Crippen LogP contribution in [-0.2, 0) is 10.0 Å². The summed E-state index contributed by atoms with van der Waals surface area (Å²) in [7, 11) is -0.564. The molecule has 1 aromatic carbocycles. The Kier molecular flexibility index (Phi) is 5.73. The lowest BCUT2D eigenvalue weighted by atomic mass is 10.1. The van der Waals surface area contributed by atoms with Crippen LogP contribution in [0, 0.1) is 9.49 Å². The normalized spacial score (nSPS) is 15.3. The van der Waals surface area contributed by atoms with Gasteiger partial charge >= 0.3 is 0 Å². The summed E-state index contributed by atoms with van der Waals surface area (Å²) in [6.07, 6.45) is 2.06. The van der Waals surface area contributed by atoms with Gasteiger partial charge in [0.05, 0.1) is 10.5 Å². The van der Waals surface area contributed by atoms with E-state index in [4.69, 9.17) is 0 Å². The third-order valence-corrected chi connectivity index (χ3v) is 6.51. The van der Waals surface area contributed by atoms with Gasteiger partial charge in [0, 0.05) is 30.3 Å². The second-order valence-electron chi connectivity index (χ2n) is 6.51. The van der Waals surface area contributed by atoms with E-state index in [0.29, 0.717) is 24.1 Å². The third kappa shape index (κ3) is 4.24. The van der Waals surface area contributed by atoms with E-state index in [9.17, 15) is 13.2 Å². The number of amides is 1. The fraction of sp³-hybridized carbons (Fsp3) is 0.562. The van der Waals surface area contributed by atoms with Gasteiger partial charge in [0.15, 0.2) is 0 Å². The molecule has 0 aromatic heterocycles. The molecule has 1 amide bonds. The van der Waals surface area contributed by atoms with Gasteiger partial charge in [0.25, 0.3) is 5.91 Å². The average molecular weight is 450 g/mol. The fourth-order valence-corrected chi connectivity index (χ4v) is 3.87. The predicted molar refractivity (Wildman–Crippen MR) is 98.9 cm³/mol. The molecule has 1 saturated carbocycles. The van der Waals surface area contributed by atoms with E-state index < -0.39 is 10.0 Å². The van der Waals surface area contributed by atoms with Crippen LogP contribution in [-0.4, -0.2) is 50.2 Å². The lowest BCUT2D eigenvalue weighted by Gasteiger charge is -2.25. The number of hydrogen-bond acceptors (Lipinski definition) is 3. The van der Waals surface area contributed by atoms with Crippen LogP contribution in [0.3, 0.4) is 0 Å². The van der Waals surface area contributed by atoms with Crippen molar-refractivity contribution in [2.75, 3.05) is 20.6 Å². The van der Waals surface area contributed by atoms with Gasteiger partial charge in [-0.3, -0.25) is 4.79 Å². The minimum absolute atomic E-state index is 0.0681. The first-order valence-electron chi connectivity index (χ1n) is 7.67. The zero-order chi connectivity index (χ0) is 17.4. The largest absolute Gasteiger partial charge is 0.335 e. The minimum atomic E-state index is -3.54. The quantitative estimate of drug-likeness (QED) is 0.627. The van der Waals surface area contributed by atoms with Crippen molar-refractivity contribution >= 4 is 38.5 Å². The molecular formula is C16H23IN2O3S. The number of carbonyl (C=O) groups excluding carboxylic acids is 1. The molecule has 2 rings (SSSR count). The Hall–Kier alpha value is -0.670. The SMILES string of the molecule is CC(C)CN(C(=O)c1cc(S(=O)(=O)N(C)C)ccc1I)C1CC1. The van der Waals surface area contributed by atoms with Gasteiger partial charge in [-0.2, -0.15) is 0 Å². The Morgan fingerprint density at radius 2 is 1.91 bits per heavy atom. The van der Waals surface area contributed by atoms with E-state index in [2.05, 4.69) is 36.4 Å². The van der Waals surface area contributed by atoms with Crippen LogP contribution in [0.4, 0.5) is 0 Å². The lowest BCUT2D eigenvalue weighted by Crippen LogP contribution is -2.36. The van der Waals surface area contributed by atoms with Crippen LogP contribution >= 0.6 is 22.6 Å². The highest BCUT2D eigenvalue weighted by Gasteiger charge is 2.34.